The van der Waals surface area contributed by atoms with E-state index in [4.69, 9.17) is 21.4 Å². The number of nitrogens with two attached hydrogens (primary N) is 2. The molecule has 0 aliphatic carbocycles. The number of amides is 1. The van der Waals surface area contributed by atoms with Crippen LogP contribution in [0.3, 0.4) is 0 Å². The predicted molar refractivity (Wildman–Crippen MR) is 229 cm³/mol. The summed E-state index contributed by atoms with van der Waals surface area (Å²) in [5.41, 5.74) is 14.0. The highest BCUT2D eigenvalue weighted by Crippen LogP contribution is 2.37. The van der Waals surface area contributed by atoms with Crippen LogP contribution in [-0.4, -0.2) is 98.1 Å². The van der Waals surface area contributed by atoms with Crippen LogP contribution in [0, 0.1) is 0 Å². The molecule has 7 aromatic heterocycles. The van der Waals surface area contributed by atoms with Gasteiger partial charge in [-0.15, -0.1) is 22.7 Å². The van der Waals surface area contributed by atoms with E-state index in [0.717, 1.165) is 120 Å². The summed E-state index contributed by atoms with van der Waals surface area (Å²) in [5, 5.41) is 1.73. The van der Waals surface area contributed by atoms with Crippen LogP contribution in [-0.2, 0) is 12.8 Å². The first kappa shape index (κ1) is 39.0. The van der Waals surface area contributed by atoms with Gasteiger partial charge in [-0.1, -0.05) is 21.3 Å². The number of aryl methyl sites for hydroxylation is 2. The summed E-state index contributed by atoms with van der Waals surface area (Å²) in [6.07, 6.45) is 8.62. The zero-order valence-corrected chi connectivity index (χ0v) is 32.5. The number of primary amides is 1. The Kier molecular flexibility index (Phi) is 11.3. The smallest absolute Gasteiger partial charge is 0.326 e. The molecule has 0 saturated carbocycles. The molecule has 1 amide bonds. The van der Waals surface area contributed by atoms with Gasteiger partial charge in [-0.3, -0.25) is 14.6 Å². The zero-order valence-electron chi connectivity index (χ0n) is 30.9. The number of thiophene rings is 2. The molecule has 6 N–H and O–H groups in total. The van der Waals surface area contributed by atoms with Crippen molar-refractivity contribution in [3.63, 3.8) is 0 Å². The molecule has 0 spiro atoms. The third-order valence-corrected chi connectivity index (χ3v) is 12.2. The van der Waals surface area contributed by atoms with E-state index < -0.39 is 11.6 Å². The number of hydrogen-bond donors (Lipinski definition) is 4. The zero-order chi connectivity index (χ0) is 38.9. The molecule has 2 fully saturated rings. The van der Waals surface area contributed by atoms with Crippen LogP contribution in [0.25, 0.3) is 30.6 Å². The number of H-pyrrole nitrogens is 2. The topological polar surface area (TPSA) is 225 Å². The van der Waals surface area contributed by atoms with E-state index in [0.29, 0.717) is 20.8 Å². The second-order valence-electron chi connectivity index (χ2n) is 13.3. The number of nitrogens with zero attached hydrogens (tertiary/aromatic N) is 10. The minimum Gasteiger partial charge on any atom is -0.397 e. The van der Waals surface area contributed by atoms with Gasteiger partial charge < -0.3 is 36.1 Å². The quantitative estimate of drug-likeness (QED) is 0.180. The number of anilines is 5. The van der Waals surface area contributed by atoms with Crippen LogP contribution in [0.15, 0.2) is 58.6 Å². The molecule has 19 heteroatoms. The molecule has 0 aromatic carbocycles. The fourth-order valence-corrected chi connectivity index (χ4v) is 9.23. The number of carbonyl (C=O) groups is 1. The molecule has 2 saturated heterocycles. The molecule has 296 valence electrons. The maximum absolute atomic E-state index is 12.2. The van der Waals surface area contributed by atoms with Crippen molar-refractivity contribution in [3.05, 3.63) is 85.9 Å². The van der Waals surface area contributed by atoms with E-state index in [1.807, 2.05) is 12.1 Å². The number of hydrogen-bond acceptors (Lipinski definition) is 16. The van der Waals surface area contributed by atoms with E-state index in [9.17, 15) is 14.4 Å². The third kappa shape index (κ3) is 7.67. The van der Waals surface area contributed by atoms with Crippen LogP contribution in [0.2, 0.25) is 0 Å². The highest BCUT2D eigenvalue weighted by Gasteiger charge is 2.25. The number of piperazine rings is 2. The maximum atomic E-state index is 12.2. The Morgan fingerprint density at radius 3 is 1.63 bits per heavy atom. The van der Waals surface area contributed by atoms with Gasteiger partial charge in [-0.2, -0.15) is 0 Å². The predicted octanol–water partition coefficient (Wildman–Crippen LogP) is 3.80. The summed E-state index contributed by atoms with van der Waals surface area (Å²) in [6, 6.07) is 7.78. The first-order valence-electron chi connectivity index (χ1n) is 18.4. The lowest BCUT2D eigenvalue weighted by atomic mass is 10.1. The van der Waals surface area contributed by atoms with E-state index >= 15 is 0 Å². The lowest BCUT2D eigenvalue weighted by Crippen LogP contribution is -2.47. The second kappa shape index (κ2) is 16.5. The van der Waals surface area contributed by atoms with Crippen molar-refractivity contribution in [2.75, 3.05) is 77.7 Å². The number of fused-ring (bicyclic) bond motifs is 4. The van der Waals surface area contributed by atoms with Crippen LogP contribution >= 0.6 is 22.7 Å². The van der Waals surface area contributed by atoms with E-state index in [-0.39, 0.29) is 13.0 Å². The minimum absolute atomic E-state index is 0. The number of aromatic amines is 2. The van der Waals surface area contributed by atoms with Crippen LogP contribution < -0.4 is 42.3 Å². The largest absolute Gasteiger partial charge is 0.397 e. The van der Waals surface area contributed by atoms with E-state index in [1.165, 1.54) is 22.7 Å². The molecule has 0 unspecified atom stereocenters. The van der Waals surface area contributed by atoms with E-state index in [2.05, 4.69) is 75.5 Å². The summed E-state index contributed by atoms with van der Waals surface area (Å²) < 4.78 is 0.505. The molecule has 0 bridgehead atoms. The number of aromatic nitrogens is 8. The molecule has 2 aliphatic rings. The highest BCUT2D eigenvalue weighted by atomic mass is 32.1. The number of rotatable bonds is 7. The van der Waals surface area contributed by atoms with Crippen molar-refractivity contribution in [1.82, 2.24) is 39.9 Å². The molecule has 0 radical (unpaired) electrons. The molecule has 7 aromatic rings. The summed E-state index contributed by atoms with van der Waals surface area (Å²) in [7, 11) is 0. The van der Waals surface area contributed by atoms with Gasteiger partial charge in [0, 0.05) is 87.9 Å². The first-order chi connectivity index (χ1) is 27.2. The van der Waals surface area contributed by atoms with Crippen molar-refractivity contribution < 1.29 is 4.79 Å². The van der Waals surface area contributed by atoms with Crippen LogP contribution in [0.4, 0.5) is 29.2 Å². The Hall–Kier alpha value is -6.21. The van der Waals surface area contributed by atoms with Crippen molar-refractivity contribution in [1.29, 1.82) is 0 Å². The fourth-order valence-electron chi connectivity index (χ4n) is 7.17. The summed E-state index contributed by atoms with van der Waals surface area (Å²) >= 11 is 2.59. The van der Waals surface area contributed by atoms with Gasteiger partial charge in [0.05, 0.1) is 11.2 Å². The lowest BCUT2D eigenvalue weighted by molar-refractivity contribution is 0.100. The lowest BCUT2D eigenvalue weighted by Gasteiger charge is -2.35. The molecule has 0 atom stereocenters. The molecule has 2 aliphatic heterocycles. The SMILES string of the molecule is C.CCc1cc(N2CCN(c3ncccn3)CC2)nc2sc(C(N)=O)c(N)c12.CCc1cc(N2CCN(c3ncccn3)CC2)nc2sc3c(=O)[nH]c(=O)[nH]c3c12. The van der Waals surface area contributed by atoms with Gasteiger partial charge in [0.1, 0.15) is 30.9 Å². The van der Waals surface area contributed by atoms with Gasteiger partial charge in [-0.25, -0.2) is 34.7 Å². The van der Waals surface area contributed by atoms with Crippen molar-refractivity contribution in [2.24, 2.45) is 5.73 Å². The van der Waals surface area contributed by atoms with Gasteiger partial charge in [-0.05, 0) is 48.2 Å². The Morgan fingerprint density at radius 1 is 0.702 bits per heavy atom. The number of pyridine rings is 2. The highest BCUT2D eigenvalue weighted by molar-refractivity contribution is 7.25. The number of nitrogens with one attached hydrogen (secondary N) is 2. The molecular formula is C38H44N14O3S2. The Bertz CT molecular complexity index is 2650. The van der Waals surface area contributed by atoms with Gasteiger partial charge in [0.2, 0.25) is 11.9 Å². The average molecular weight is 809 g/mol. The van der Waals surface area contributed by atoms with Crippen molar-refractivity contribution in [3.8, 4) is 0 Å². The first-order valence-corrected chi connectivity index (χ1v) is 20.0. The Labute approximate surface area is 335 Å². The van der Waals surface area contributed by atoms with Crippen molar-refractivity contribution in [2.45, 2.75) is 34.1 Å². The summed E-state index contributed by atoms with van der Waals surface area (Å²) in [5.74, 6) is 2.80. The van der Waals surface area contributed by atoms with Crippen LogP contribution in [0.5, 0.6) is 0 Å². The average Bonchev–Trinajstić information content (AvgIpc) is 3.79. The van der Waals surface area contributed by atoms with Crippen LogP contribution in [0.1, 0.15) is 42.1 Å². The third-order valence-electron chi connectivity index (χ3n) is 10.0. The number of nitrogen functional groups attached to an aromatic ring is 1. The number of carbonyl (C=O) groups excluding carboxylic acids is 1. The van der Waals surface area contributed by atoms with Crippen molar-refractivity contribution >= 4 is 88.5 Å². The monoisotopic (exact) mass is 808 g/mol. The molecule has 9 heterocycles. The standard InChI is InChI=1S/C19H19N7O2S.C18H21N7OS.CH4/c1-2-11-10-12(25-6-8-26(9-7-25)18-20-4-3-5-21-18)22-17-13(11)14-15(29-17)16(27)24-19(28)23-14;1-2-11-10-12(23-17-13(11)14(19)15(27-17)16(20)26)24-6-8-25(9-7-24)18-21-4-3-5-22-18;/h3-5,10H,2,6-9H2,1H3,(H2,23,24,27,28);3-5,10H,2,6-9,19H2,1H3,(H2,20,26);1H4. The van der Waals surface area contributed by atoms with Gasteiger partial charge >= 0.3 is 5.69 Å². The Balaban J connectivity index is 0.000000172. The molecular weight excluding hydrogens is 765 g/mol. The normalized spacial score (nSPS) is 14.5. The van der Waals surface area contributed by atoms with Gasteiger partial charge in [0.25, 0.3) is 11.5 Å². The maximum Gasteiger partial charge on any atom is 0.326 e. The van der Waals surface area contributed by atoms with E-state index in [1.54, 1.807) is 24.8 Å². The second-order valence-corrected chi connectivity index (χ2v) is 15.3. The summed E-state index contributed by atoms with van der Waals surface area (Å²) in [6.45, 7) is 10.7. The Morgan fingerprint density at radius 2 is 1.16 bits per heavy atom. The minimum atomic E-state index is -0.504. The van der Waals surface area contributed by atoms with Gasteiger partial charge in [0.15, 0.2) is 0 Å². The summed E-state index contributed by atoms with van der Waals surface area (Å²) in [4.78, 5) is 78.4. The molecule has 9 rings (SSSR count). The molecule has 17 nitrogen and oxygen atoms in total. The fraction of sp³-hybridized carbons (Fsp3) is 0.342. The molecule has 57 heavy (non-hydrogen) atoms.